The minimum Gasteiger partial charge on any atom is -0.363 e. The van der Waals surface area contributed by atoms with Crippen LogP contribution in [0.3, 0.4) is 0 Å². The van der Waals surface area contributed by atoms with Crippen molar-refractivity contribution in [1.82, 2.24) is 9.80 Å². The molecular formula is C48H58N2O5. The summed E-state index contributed by atoms with van der Waals surface area (Å²) in [6, 6.07) is 36.9. The average Bonchev–Trinajstić information content (AvgIpc) is 3.14. The highest BCUT2D eigenvalue weighted by atomic mass is 16.3. The zero-order valence-electron chi connectivity index (χ0n) is 34.1. The lowest BCUT2D eigenvalue weighted by Gasteiger charge is -2.56. The van der Waals surface area contributed by atoms with Gasteiger partial charge in [-0.2, -0.15) is 0 Å². The predicted octanol–water partition coefficient (Wildman–Crippen LogP) is 8.85. The maximum absolute atomic E-state index is 13.3. The number of amides is 2. The number of carbonyl (C=O) groups is 4. The van der Waals surface area contributed by atoms with Gasteiger partial charge >= 0.3 is 0 Å². The fourth-order valence-corrected chi connectivity index (χ4v) is 8.02. The van der Waals surface area contributed by atoms with Crippen molar-refractivity contribution in [2.75, 3.05) is 0 Å². The molecule has 2 saturated heterocycles. The van der Waals surface area contributed by atoms with Crippen LogP contribution in [-0.4, -0.2) is 50.4 Å². The van der Waals surface area contributed by atoms with Gasteiger partial charge in [0.25, 0.3) is 0 Å². The average molecular weight is 743 g/mol. The van der Waals surface area contributed by atoms with Crippen LogP contribution in [0.2, 0.25) is 0 Å². The summed E-state index contributed by atoms with van der Waals surface area (Å²) >= 11 is 0. The lowest BCUT2D eigenvalue weighted by Crippen LogP contribution is -2.73. The van der Waals surface area contributed by atoms with E-state index in [1.165, 1.54) is 4.90 Å². The summed E-state index contributed by atoms with van der Waals surface area (Å²) in [6.07, 6.45) is 0. The van der Waals surface area contributed by atoms with Crippen LogP contribution in [-0.2, 0) is 24.9 Å². The number of likely N-dealkylation sites (tertiary alicyclic amines) is 2. The van der Waals surface area contributed by atoms with Gasteiger partial charge in [-0.25, -0.2) is 0 Å². The molecular weight excluding hydrogens is 685 g/mol. The first-order valence-electron chi connectivity index (χ1n) is 19.5. The summed E-state index contributed by atoms with van der Waals surface area (Å²) in [7, 11) is 0. The lowest BCUT2D eigenvalue weighted by molar-refractivity contribution is -0.203. The molecule has 0 saturated carbocycles. The Bertz CT molecular complexity index is 1870. The summed E-state index contributed by atoms with van der Waals surface area (Å²) in [4.78, 5) is 56.3. The van der Waals surface area contributed by atoms with Crippen molar-refractivity contribution in [2.24, 2.45) is 34.5 Å². The molecule has 4 aromatic rings. The predicted molar refractivity (Wildman–Crippen MR) is 217 cm³/mol. The molecule has 0 spiro atoms. The molecule has 2 aliphatic rings. The third kappa shape index (κ3) is 7.95. The first-order valence-corrected chi connectivity index (χ1v) is 19.5. The van der Waals surface area contributed by atoms with E-state index in [1.807, 2.05) is 171 Å². The summed E-state index contributed by atoms with van der Waals surface area (Å²) < 4.78 is 0. The van der Waals surface area contributed by atoms with Crippen LogP contribution < -0.4 is 0 Å². The van der Waals surface area contributed by atoms with Crippen LogP contribution in [0.15, 0.2) is 121 Å². The molecule has 6 rings (SSSR count). The number of β-lactam (4-membered cyclic amide) rings is 2. The summed E-state index contributed by atoms with van der Waals surface area (Å²) in [5.74, 6) is -0.530. The normalized spacial score (nSPS) is 20.2. The Kier molecular flexibility index (Phi) is 12.1. The van der Waals surface area contributed by atoms with Gasteiger partial charge in [-0.1, -0.05) is 191 Å². The second-order valence-corrected chi connectivity index (χ2v) is 17.7. The van der Waals surface area contributed by atoms with Crippen molar-refractivity contribution in [3.05, 3.63) is 144 Å². The van der Waals surface area contributed by atoms with Crippen LogP contribution in [0.25, 0.3) is 0 Å². The fourth-order valence-electron chi connectivity index (χ4n) is 8.02. The molecule has 7 nitrogen and oxygen atoms in total. The van der Waals surface area contributed by atoms with Gasteiger partial charge in [0.2, 0.25) is 11.8 Å². The molecule has 0 bridgehead atoms. The van der Waals surface area contributed by atoms with Crippen molar-refractivity contribution >= 4 is 23.4 Å². The van der Waals surface area contributed by atoms with Crippen LogP contribution in [0.1, 0.15) is 97.5 Å². The summed E-state index contributed by atoms with van der Waals surface area (Å²) in [6.45, 7) is 19.4. The number of Topliss-reactive ketones (excluding diaryl/α,β-unsaturated/α-hetero) is 2. The van der Waals surface area contributed by atoms with E-state index in [0.717, 1.165) is 11.1 Å². The topological polar surface area (TPSA) is 95.0 Å². The monoisotopic (exact) mass is 742 g/mol. The van der Waals surface area contributed by atoms with Crippen molar-refractivity contribution < 1.29 is 24.3 Å². The Morgan fingerprint density at radius 1 is 0.527 bits per heavy atom. The third-order valence-corrected chi connectivity index (χ3v) is 11.0. The number of aliphatic hydroxyl groups is 1. The molecule has 2 amide bonds. The Hall–Kier alpha value is -4.88. The van der Waals surface area contributed by atoms with Gasteiger partial charge < -0.3 is 10.0 Å². The first kappa shape index (κ1) is 41.3. The molecule has 2 heterocycles. The molecule has 55 heavy (non-hydrogen) atoms. The Morgan fingerprint density at radius 2 is 0.855 bits per heavy atom. The molecule has 1 N–H and O–H groups in total. The van der Waals surface area contributed by atoms with Crippen molar-refractivity contribution in [3.63, 3.8) is 0 Å². The number of benzene rings is 4. The molecule has 0 aromatic heterocycles. The quantitative estimate of drug-likeness (QED) is 0.164. The van der Waals surface area contributed by atoms with E-state index in [4.69, 9.17) is 0 Å². The first-order chi connectivity index (χ1) is 25.8. The highest BCUT2D eigenvalue weighted by Crippen LogP contribution is 2.48. The minimum absolute atomic E-state index is 0.0100. The van der Waals surface area contributed by atoms with Crippen molar-refractivity contribution in [3.8, 4) is 0 Å². The van der Waals surface area contributed by atoms with E-state index in [-0.39, 0.29) is 53.2 Å². The number of carbonyl (C=O) groups excluding carboxylic acids is 4. The maximum atomic E-state index is 13.3. The van der Waals surface area contributed by atoms with Gasteiger partial charge in [0.15, 0.2) is 17.3 Å². The van der Waals surface area contributed by atoms with Crippen LogP contribution in [0, 0.1) is 34.5 Å². The smallest absolute Gasteiger partial charge is 0.231 e. The number of ketones is 2. The molecule has 2 aliphatic heterocycles. The molecule has 4 atom stereocenters. The number of hydrogen-bond donors (Lipinski definition) is 1. The van der Waals surface area contributed by atoms with Gasteiger partial charge in [0, 0.05) is 22.0 Å². The lowest BCUT2D eigenvalue weighted by atomic mass is 9.69. The SMILES string of the molecule is CC(C)[C@H]1C(=O)N(C(O)(c2ccccc2)c2ccccc2)[C@@H]1C(=O)C(C)(C)C.CC(C)[C@H]1C(=O)N(C(c2ccccc2)c2ccccc2)[C@@H]1C(=O)C(C)(C)C. The van der Waals surface area contributed by atoms with E-state index in [1.54, 1.807) is 24.3 Å². The van der Waals surface area contributed by atoms with E-state index < -0.39 is 28.5 Å². The Balaban J connectivity index is 0.000000211. The summed E-state index contributed by atoms with van der Waals surface area (Å²) in [5.41, 5.74) is 0.403. The van der Waals surface area contributed by atoms with Crippen LogP contribution in [0.5, 0.6) is 0 Å². The maximum Gasteiger partial charge on any atom is 0.231 e. The molecule has 7 heteroatoms. The van der Waals surface area contributed by atoms with E-state index in [0.29, 0.717) is 11.1 Å². The van der Waals surface area contributed by atoms with Gasteiger partial charge in [-0.05, 0) is 23.0 Å². The van der Waals surface area contributed by atoms with Crippen molar-refractivity contribution in [1.29, 1.82) is 0 Å². The minimum atomic E-state index is -1.70. The second-order valence-electron chi connectivity index (χ2n) is 17.7. The van der Waals surface area contributed by atoms with Gasteiger partial charge in [-0.15, -0.1) is 0 Å². The summed E-state index contributed by atoms with van der Waals surface area (Å²) in [5, 5.41) is 12.0. The number of rotatable bonds is 10. The van der Waals surface area contributed by atoms with E-state index in [2.05, 4.69) is 0 Å². The fraction of sp³-hybridized carbons (Fsp3) is 0.417. The molecule has 0 radical (unpaired) electrons. The van der Waals surface area contributed by atoms with Gasteiger partial charge in [-0.3, -0.25) is 24.1 Å². The largest absolute Gasteiger partial charge is 0.363 e. The van der Waals surface area contributed by atoms with Crippen molar-refractivity contribution in [2.45, 2.75) is 93.1 Å². The molecule has 0 aliphatic carbocycles. The van der Waals surface area contributed by atoms with Gasteiger partial charge in [0.05, 0.1) is 17.9 Å². The second kappa shape index (κ2) is 16.1. The van der Waals surface area contributed by atoms with E-state index in [9.17, 15) is 24.3 Å². The Labute approximate surface area is 327 Å². The molecule has 290 valence electrons. The number of hydrogen-bond acceptors (Lipinski definition) is 5. The molecule has 0 unspecified atom stereocenters. The van der Waals surface area contributed by atoms with E-state index >= 15 is 0 Å². The Morgan fingerprint density at radius 3 is 1.20 bits per heavy atom. The highest BCUT2D eigenvalue weighted by Gasteiger charge is 2.62. The highest BCUT2D eigenvalue weighted by molar-refractivity contribution is 6.03. The molecule has 4 aromatic carbocycles. The third-order valence-electron chi connectivity index (χ3n) is 11.0. The molecule has 2 fully saturated rings. The zero-order chi connectivity index (χ0) is 40.5. The zero-order valence-corrected chi connectivity index (χ0v) is 34.1. The number of nitrogens with zero attached hydrogens (tertiary/aromatic N) is 2. The van der Waals surface area contributed by atoms with Crippen LogP contribution >= 0.6 is 0 Å². The van der Waals surface area contributed by atoms with Gasteiger partial charge in [0.1, 0.15) is 12.1 Å². The standard InChI is InChI=1S/C24H29NO3.C24H29NO2/c1-16(2)19-20(21(26)23(3,4)5)25(22(19)27)24(28,17-12-8-6-9-13-17)18-14-10-7-11-15-18;1-16(2)19-21(22(26)24(3,4)5)25(23(19)27)20(17-12-8-6-9-13-17)18-14-10-7-11-15-18/h6-16,19-20,28H,1-5H3;6-16,19-21H,1-5H3/t19-,20+;19-,21+/m11/s1. The van der Waals surface area contributed by atoms with Crippen LogP contribution in [0.4, 0.5) is 0 Å².